The standard InChI is InChI=1S/C14H18N2O3S/c1-9-7-11(3-4-12(9)13(17)18)15-14(19)16-5-6-20-8-10(16)2/h3-4,7,10H,5-6,8H2,1-2H3,(H,15,19)(H,17,18). The summed E-state index contributed by atoms with van der Waals surface area (Å²) >= 11 is 1.85. The third kappa shape index (κ3) is 3.25. The molecule has 6 heteroatoms. The number of hydrogen-bond donors (Lipinski definition) is 2. The first-order valence-corrected chi connectivity index (χ1v) is 7.64. The van der Waals surface area contributed by atoms with Gasteiger partial charge in [0, 0.05) is 29.8 Å². The van der Waals surface area contributed by atoms with Gasteiger partial charge in [-0.3, -0.25) is 0 Å². The Balaban J connectivity index is 2.08. The molecule has 1 aromatic carbocycles. The number of carbonyl (C=O) groups excluding carboxylic acids is 1. The van der Waals surface area contributed by atoms with Crippen molar-refractivity contribution in [2.24, 2.45) is 0 Å². The van der Waals surface area contributed by atoms with Crippen LogP contribution in [0.4, 0.5) is 10.5 Å². The highest BCUT2D eigenvalue weighted by Crippen LogP contribution is 2.19. The summed E-state index contributed by atoms with van der Waals surface area (Å²) in [6, 6.07) is 4.92. The van der Waals surface area contributed by atoms with Gasteiger partial charge < -0.3 is 15.3 Å². The van der Waals surface area contributed by atoms with E-state index in [-0.39, 0.29) is 17.6 Å². The van der Waals surface area contributed by atoms with Crippen molar-refractivity contribution in [1.82, 2.24) is 4.90 Å². The Morgan fingerprint density at radius 2 is 2.20 bits per heavy atom. The summed E-state index contributed by atoms with van der Waals surface area (Å²) in [5.74, 6) is 0.945. The van der Waals surface area contributed by atoms with Gasteiger partial charge >= 0.3 is 12.0 Å². The van der Waals surface area contributed by atoms with Crippen LogP contribution >= 0.6 is 11.8 Å². The monoisotopic (exact) mass is 294 g/mol. The van der Waals surface area contributed by atoms with E-state index < -0.39 is 5.97 Å². The molecule has 5 nitrogen and oxygen atoms in total. The van der Waals surface area contributed by atoms with Crippen molar-refractivity contribution in [2.45, 2.75) is 19.9 Å². The zero-order valence-electron chi connectivity index (χ0n) is 11.5. The van der Waals surface area contributed by atoms with Crippen molar-refractivity contribution >= 4 is 29.4 Å². The summed E-state index contributed by atoms with van der Waals surface area (Å²) in [7, 11) is 0. The van der Waals surface area contributed by atoms with Gasteiger partial charge in [-0.1, -0.05) is 0 Å². The highest BCUT2D eigenvalue weighted by atomic mass is 32.2. The highest BCUT2D eigenvalue weighted by molar-refractivity contribution is 7.99. The molecule has 1 aliphatic rings. The van der Waals surface area contributed by atoms with E-state index in [0.29, 0.717) is 11.3 Å². The van der Waals surface area contributed by atoms with E-state index in [1.165, 1.54) is 6.07 Å². The predicted molar refractivity (Wildman–Crippen MR) is 80.7 cm³/mol. The number of thioether (sulfide) groups is 1. The molecule has 2 N–H and O–H groups in total. The molecule has 2 rings (SSSR count). The fourth-order valence-electron chi connectivity index (χ4n) is 2.21. The molecule has 0 bridgehead atoms. The second-order valence-electron chi connectivity index (χ2n) is 4.88. The van der Waals surface area contributed by atoms with Gasteiger partial charge in [-0.05, 0) is 37.6 Å². The molecule has 1 aliphatic heterocycles. The number of urea groups is 1. The Hall–Kier alpha value is -1.69. The van der Waals surface area contributed by atoms with Crippen molar-refractivity contribution in [2.75, 3.05) is 23.4 Å². The number of hydrogen-bond acceptors (Lipinski definition) is 3. The smallest absolute Gasteiger partial charge is 0.335 e. The first-order valence-electron chi connectivity index (χ1n) is 6.48. The van der Waals surface area contributed by atoms with Crippen LogP contribution in [0.15, 0.2) is 18.2 Å². The lowest BCUT2D eigenvalue weighted by molar-refractivity contribution is 0.0696. The second-order valence-corrected chi connectivity index (χ2v) is 6.03. The summed E-state index contributed by atoms with van der Waals surface area (Å²) in [4.78, 5) is 25.0. The zero-order valence-corrected chi connectivity index (χ0v) is 12.4. The van der Waals surface area contributed by atoms with Crippen LogP contribution in [0.5, 0.6) is 0 Å². The van der Waals surface area contributed by atoms with Crippen molar-refractivity contribution in [3.63, 3.8) is 0 Å². The number of nitrogens with zero attached hydrogens (tertiary/aromatic N) is 1. The van der Waals surface area contributed by atoms with Crippen molar-refractivity contribution < 1.29 is 14.7 Å². The van der Waals surface area contributed by atoms with Crippen LogP contribution in [0.25, 0.3) is 0 Å². The van der Waals surface area contributed by atoms with Crippen LogP contribution in [-0.2, 0) is 0 Å². The summed E-state index contributed by atoms with van der Waals surface area (Å²) < 4.78 is 0. The molecule has 1 saturated heterocycles. The number of anilines is 1. The van der Waals surface area contributed by atoms with E-state index >= 15 is 0 Å². The fraction of sp³-hybridized carbons (Fsp3) is 0.429. The molecule has 1 atom stereocenters. The quantitative estimate of drug-likeness (QED) is 0.880. The average molecular weight is 294 g/mol. The SMILES string of the molecule is Cc1cc(NC(=O)N2CCSCC2C)ccc1C(=O)O. The number of nitrogens with one attached hydrogen (secondary N) is 1. The molecule has 0 aliphatic carbocycles. The number of carboxylic acid groups (broad SMARTS) is 1. The predicted octanol–water partition coefficient (Wildman–Crippen LogP) is 2.66. The van der Waals surface area contributed by atoms with Crippen molar-refractivity contribution in [1.29, 1.82) is 0 Å². The van der Waals surface area contributed by atoms with Crippen LogP contribution in [0.2, 0.25) is 0 Å². The zero-order chi connectivity index (χ0) is 14.7. The molecule has 1 heterocycles. The fourth-order valence-corrected chi connectivity index (χ4v) is 3.22. The first-order chi connectivity index (χ1) is 9.49. The van der Waals surface area contributed by atoms with Crippen LogP contribution in [0.3, 0.4) is 0 Å². The lowest BCUT2D eigenvalue weighted by Gasteiger charge is -2.33. The van der Waals surface area contributed by atoms with E-state index in [4.69, 9.17) is 5.11 Å². The molecule has 1 aromatic rings. The Morgan fingerprint density at radius 1 is 1.45 bits per heavy atom. The molecule has 20 heavy (non-hydrogen) atoms. The van der Waals surface area contributed by atoms with Crippen LogP contribution in [0.1, 0.15) is 22.8 Å². The van der Waals surface area contributed by atoms with Crippen LogP contribution < -0.4 is 5.32 Å². The number of aryl methyl sites for hydroxylation is 1. The van der Waals surface area contributed by atoms with E-state index in [1.54, 1.807) is 19.1 Å². The first kappa shape index (κ1) is 14.7. The van der Waals surface area contributed by atoms with Gasteiger partial charge in [0.15, 0.2) is 0 Å². The molecular formula is C14H18N2O3S. The molecule has 0 saturated carbocycles. The maximum atomic E-state index is 12.2. The largest absolute Gasteiger partial charge is 0.478 e. The minimum absolute atomic E-state index is 0.125. The molecule has 2 amide bonds. The molecule has 108 valence electrons. The maximum absolute atomic E-state index is 12.2. The molecule has 0 aromatic heterocycles. The van der Waals surface area contributed by atoms with Crippen molar-refractivity contribution in [3.8, 4) is 0 Å². The molecular weight excluding hydrogens is 276 g/mol. The van der Waals surface area contributed by atoms with Gasteiger partial charge in [-0.2, -0.15) is 11.8 Å². The number of benzene rings is 1. The lowest BCUT2D eigenvalue weighted by atomic mass is 10.1. The van der Waals surface area contributed by atoms with Crippen molar-refractivity contribution in [3.05, 3.63) is 29.3 Å². The molecule has 1 fully saturated rings. The Labute approximate surface area is 122 Å². The number of carbonyl (C=O) groups is 2. The lowest BCUT2D eigenvalue weighted by Crippen LogP contribution is -2.46. The number of carboxylic acids is 1. The minimum atomic E-state index is -0.956. The summed E-state index contributed by atoms with van der Waals surface area (Å²) in [5, 5.41) is 11.8. The normalized spacial score (nSPS) is 18.7. The highest BCUT2D eigenvalue weighted by Gasteiger charge is 2.23. The third-order valence-corrected chi connectivity index (χ3v) is 4.53. The van der Waals surface area contributed by atoms with Crippen LogP contribution in [0, 0.1) is 6.92 Å². The average Bonchev–Trinajstić information content (AvgIpc) is 2.38. The summed E-state index contributed by atoms with van der Waals surface area (Å²) in [5.41, 5.74) is 1.52. The Morgan fingerprint density at radius 3 is 2.80 bits per heavy atom. The van der Waals surface area contributed by atoms with E-state index in [1.807, 2.05) is 23.6 Å². The van der Waals surface area contributed by atoms with E-state index in [0.717, 1.165) is 18.1 Å². The minimum Gasteiger partial charge on any atom is -0.478 e. The van der Waals surface area contributed by atoms with Crippen LogP contribution in [-0.4, -0.2) is 46.1 Å². The van der Waals surface area contributed by atoms with Gasteiger partial charge in [0.05, 0.1) is 5.56 Å². The van der Waals surface area contributed by atoms with E-state index in [2.05, 4.69) is 5.32 Å². The van der Waals surface area contributed by atoms with Gasteiger partial charge in [0.2, 0.25) is 0 Å². The number of aromatic carboxylic acids is 1. The van der Waals surface area contributed by atoms with Gasteiger partial charge in [-0.25, -0.2) is 9.59 Å². The molecule has 0 spiro atoms. The Bertz CT molecular complexity index is 533. The second kappa shape index (κ2) is 6.17. The number of amides is 2. The van der Waals surface area contributed by atoms with Gasteiger partial charge in [-0.15, -0.1) is 0 Å². The topological polar surface area (TPSA) is 69.6 Å². The molecule has 1 unspecified atom stereocenters. The van der Waals surface area contributed by atoms with Gasteiger partial charge in [0.25, 0.3) is 0 Å². The van der Waals surface area contributed by atoms with Gasteiger partial charge in [0.1, 0.15) is 0 Å². The number of rotatable bonds is 2. The Kier molecular flexibility index (Phi) is 4.54. The summed E-state index contributed by atoms with van der Waals surface area (Å²) in [6.07, 6.45) is 0. The third-order valence-electron chi connectivity index (χ3n) is 3.34. The van der Waals surface area contributed by atoms with E-state index in [9.17, 15) is 9.59 Å². The molecule has 0 radical (unpaired) electrons. The maximum Gasteiger partial charge on any atom is 0.335 e. The summed E-state index contributed by atoms with van der Waals surface area (Å²) in [6.45, 7) is 4.49.